The Morgan fingerprint density at radius 2 is 1.91 bits per heavy atom. The summed E-state index contributed by atoms with van der Waals surface area (Å²) in [5.74, 6) is -1.43. The van der Waals surface area contributed by atoms with Gasteiger partial charge in [0.05, 0.1) is 34.5 Å². The third-order valence-electron chi connectivity index (χ3n) is 2.56. The summed E-state index contributed by atoms with van der Waals surface area (Å²) in [6.07, 6.45) is 1.14. The van der Waals surface area contributed by atoms with Crippen molar-refractivity contribution in [1.29, 1.82) is 5.26 Å². The van der Waals surface area contributed by atoms with Crippen molar-refractivity contribution < 1.29 is 19.1 Å². The van der Waals surface area contributed by atoms with Gasteiger partial charge in [-0.2, -0.15) is 5.26 Å². The van der Waals surface area contributed by atoms with Crippen LogP contribution in [0.1, 0.15) is 24.2 Å². The first-order valence-electron chi connectivity index (χ1n) is 6.65. The first-order chi connectivity index (χ1) is 11.0. The maximum atomic E-state index is 11.9. The van der Waals surface area contributed by atoms with E-state index in [1.807, 2.05) is 0 Å². The fourth-order valence-corrected chi connectivity index (χ4v) is 2.13. The predicted octanol–water partition coefficient (Wildman–Crippen LogP) is 3.55. The molecule has 1 aromatic rings. The minimum atomic E-state index is -0.766. The van der Waals surface area contributed by atoms with E-state index in [1.54, 1.807) is 19.9 Å². The van der Waals surface area contributed by atoms with Crippen LogP contribution >= 0.6 is 23.2 Å². The molecule has 0 atom stereocenters. The fourth-order valence-electron chi connectivity index (χ4n) is 1.55. The summed E-state index contributed by atoms with van der Waals surface area (Å²) in [5.41, 5.74) is 0.0509. The first kappa shape index (κ1) is 18.8. The fraction of sp³-hybridized carbons (Fsp3) is 0.267. The van der Waals surface area contributed by atoms with Crippen LogP contribution in [0.4, 0.5) is 5.69 Å². The first-order valence-corrected chi connectivity index (χ1v) is 7.40. The maximum Gasteiger partial charge on any atom is 0.350 e. The van der Waals surface area contributed by atoms with E-state index in [4.69, 9.17) is 37.9 Å². The van der Waals surface area contributed by atoms with Crippen LogP contribution in [0.25, 0.3) is 0 Å². The molecule has 0 unspecified atom stereocenters. The zero-order chi connectivity index (χ0) is 17.4. The molecule has 1 aromatic carbocycles. The van der Waals surface area contributed by atoms with Gasteiger partial charge in [0.1, 0.15) is 6.07 Å². The number of hydrogen-bond donors (Lipinski definition) is 1. The van der Waals surface area contributed by atoms with Gasteiger partial charge in [0.15, 0.2) is 5.57 Å². The number of nitriles is 1. The van der Waals surface area contributed by atoms with Crippen molar-refractivity contribution in [1.82, 2.24) is 0 Å². The lowest BCUT2D eigenvalue weighted by Crippen LogP contribution is -2.09. The van der Waals surface area contributed by atoms with Crippen molar-refractivity contribution in [2.75, 3.05) is 18.5 Å². The Morgan fingerprint density at radius 3 is 2.48 bits per heavy atom. The van der Waals surface area contributed by atoms with Crippen molar-refractivity contribution in [3.05, 3.63) is 39.5 Å². The Kier molecular flexibility index (Phi) is 7.39. The molecule has 0 aromatic heterocycles. The average Bonchev–Trinajstić information content (AvgIpc) is 2.50. The lowest BCUT2D eigenvalue weighted by atomic mass is 10.2. The van der Waals surface area contributed by atoms with Gasteiger partial charge in [-0.1, -0.05) is 23.2 Å². The number of carbonyl (C=O) groups excluding carboxylic acids is 2. The van der Waals surface area contributed by atoms with Crippen LogP contribution in [-0.4, -0.2) is 25.2 Å². The van der Waals surface area contributed by atoms with Crippen molar-refractivity contribution in [3.63, 3.8) is 0 Å². The Morgan fingerprint density at radius 1 is 1.26 bits per heavy atom. The van der Waals surface area contributed by atoms with Gasteiger partial charge in [0, 0.05) is 6.20 Å². The summed E-state index contributed by atoms with van der Waals surface area (Å²) in [7, 11) is 0. The standard InChI is InChI=1S/C15H14Cl2N2O4/c1-3-22-14(20)9(7-18)8-19-11-6-5-10(16)12(13(11)17)15(21)23-4-2/h5-6,8,19H,3-4H2,1-2H3. The summed E-state index contributed by atoms with van der Waals surface area (Å²) in [6.45, 7) is 3.60. The van der Waals surface area contributed by atoms with Gasteiger partial charge in [-0.25, -0.2) is 9.59 Å². The second-order valence-electron chi connectivity index (χ2n) is 4.04. The van der Waals surface area contributed by atoms with E-state index >= 15 is 0 Å². The molecule has 0 aliphatic carbocycles. The molecule has 1 N–H and O–H groups in total. The zero-order valence-electron chi connectivity index (χ0n) is 12.5. The summed E-state index contributed by atoms with van der Waals surface area (Å²) >= 11 is 12.1. The second-order valence-corrected chi connectivity index (χ2v) is 4.82. The zero-order valence-corrected chi connectivity index (χ0v) is 14.0. The number of hydrogen-bond acceptors (Lipinski definition) is 6. The SMILES string of the molecule is CCOC(=O)C(C#N)=CNc1ccc(Cl)c(C(=O)OCC)c1Cl. The van der Waals surface area contributed by atoms with Crippen LogP contribution in [0.15, 0.2) is 23.9 Å². The molecule has 0 saturated heterocycles. The number of benzene rings is 1. The van der Waals surface area contributed by atoms with Gasteiger partial charge in [0.2, 0.25) is 0 Å². The van der Waals surface area contributed by atoms with Crippen LogP contribution < -0.4 is 5.32 Å². The number of nitrogens with zero attached hydrogens (tertiary/aromatic N) is 1. The molecule has 8 heteroatoms. The van der Waals surface area contributed by atoms with E-state index in [0.29, 0.717) is 0 Å². The quantitative estimate of drug-likeness (QED) is 0.476. The molecular weight excluding hydrogens is 343 g/mol. The molecule has 122 valence electrons. The van der Waals surface area contributed by atoms with E-state index < -0.39 is 11.9 Å². The monoisotopic (exact) mass is 356 g/mol. The molecule has 6 nitrogen and oxygen atoms in total. The average molecular weight is 357 g/mol. The number of esters is 2. The Labute approximate surface area is 143 Å². The molecule has 0 heterocycles. The van der Waals surface area contributed by atoms with Crippen molar-refractivity contribution in [3.8, 4) is 6.07 Å². The Hall–Kier alpha value is -2.23. The number of ether oxygens (including phenoxy) is 2. The lowest BCUT2D eigenvalue weighted by Gasteiger charge is -2.11. The van der Waals surface area contributed by atoms with Crippen molar-refractivity contribution in [2.24, 2.45) is 0 Å². The second kappa shape index (κ2) is 9.03. The maximum absolute atomic E-state index is 11.9. The molecule has 0 saturated carbocycles. The van der Waals surface area contributed by atoms with Gasteiger partial charge in [-0.3, -0.25) is 0 Å². The predicted molar refractivity (Wildman–Crippen MR) is 86.4 cm³/mol. The molecule has 0 radical (unpaired) electrons. The normalized spacial score (nSPS) is 10.7. The van der Waals surface area contributed by atoms with Crippen molar-refractivity contribution in [2.45, 2.75) is 13.8 Å². The van der Waals surface area contributed by atoms with Gasteiger partial charge < -0.3 is 14.8 Å². The third kappa shape index (κ3) is 4.88. The van der Waals surface area contributed by atoms with E-state index in [1.165, 1.54) is 12.1 Å². The molecule has 0 aliphatic rings. The number of carbonyl (C=O) groups is 2. The molecule has 23 heavy (non-hydrogen) atoms. The highest BCUT2D eigenvalue weighted by atomic mass is 35.5. The molecule has 0 amide bonds. The minimum absolute atomic E-state index is 0.00299. The highest BCUT2D eigenvalue weighted by molar-refractivity contribution is 6.41. The van der Waals surface area contributed by atoms with Crippen LogP contribution in [0.2, 0.25) is 10.0 Å². The molecule has 0 fully saturated rings. The minimum Gasteiger partial charge on any atom is -0.462 e. The summed E-state index contributed by atoms with van der Waals surface area (Å²) in [6, 6.07) is 4.66. The van der Waals surface area contributed by atoms with Crippen LogP contribution in [0.5, 0.6) is 0 Å². The molecular formula is C15H14Cl2N2O4. The van der Waals surface area contributed by atoms with E-state index in [0.717, 1.165) is 6.20 Å². The number of rotatable bonds is 6. The number of anilines is 1. The third-order valence-corrected chi connectivity index (χ3v) is 3.27. The highest BCUT2D eigenvalue weighted by Gasteiger charge is 2.19. The smallest absolute Gasteiger partial charge is 0.350 e. The Balaban J connectivity index is 3.11. The summed E-state index contributed by atoms with van der Waals surface area (Å²) < 4.78 is 9.61. The largest absolute Gasteiger partial charge is 0.462 e. The topological polar surface area (TPSA) is 88.4 Å². The number of halogens is 2. The molecule has 0 spiro atoms. The van der Waals surface area contributed by atoms with Gasteiger partial charge in [0.25, 0.3) is 0 Å². The molecule has 1 rings (SSSR count). The Bertz CT molecular complexity index is 681. The van der Waals surface area contributed by atoms with E-state index in [-0.39, 0.29) is 40.1 Å². The van der Waals surface area contributed by atoms with Crippen LogP contribution in [0.3, 0.4) is 0 Å². The molecule has 0 aliphatic heterocycles. The van der Waals surface area contributed by atoms with E-state index in [2.05, 4.69) is 5.32 Å². The summed E-state index contributed by atoms with van der Waals surface area (Å²) in [4.78, 5) is 23.4. The van der Waals surface area contributed by atoms with Crippen LogP contribution in [0, 0.1) is 11.3 Å². The van der Waals surface area contributed by atoms with Crippen molar-refractivity contribution >= 4 is 40.8 Å². The van der Waals surface area contributed by atoms with Gasteiger partial charge >= 0.3 is 11.9 Å². The van der Waals surface area contributed by atoms with Crippen LogP contribution in [-0.2, 0) is 14.3 Å². The molecule has 0 bridgehead atoms. The number of nitrogens with one attached hydrogen (secondary N) is 1. The lowest BCUT2D eigenvalue weighted by molar-refractivity contribution is -0.138. The summed E-state index contributed by atoms with van der Waals surface area (Å²) in [5, 5.41) is 11.8. The highest BCUT2D eigenvalue weighted by Crippen LogP contribution is 2.32. The van der Waals surface area contributed by atoms with Gasteiger partial charge in [-0.15, -0.1) is 0 Å². The van der Waals surface area contributed by atoms with Gasteiger partial charge in [-0.05, 0) is 26.0 Å². The van der Waals surface area contributed by atoms with E-state index in [9.17, 15) is 9.59 Å².